The summed E-state index contributed by atoms with van der Waals surface area (Å²) in [4.78, 5) is 30.7. The van der Waals surface area contributed by atoms with Gasteiger partial charge < -0.3 is 4.90 Å². The average Bonchev–Trinajstić information content (AvgIpc) is 3.00. The van der Waals surface area contributed by atoms with Crippen LogP contribution in [0.2, 0.25) is 0 Å². The summed E-state index contributed by atoms with van der Waals surface area (Å²) >= 11 is 0. The fourth-order valence-corrected chi connectivity index (χ4v) is 5.74. The molecule has 144 valence electrons. The molecule has 3 aliphatic carbocycles. The predicted molar refractivity (Wildman–Crippen MR) is 108 cm³/mol. The molecule has 4 aliphatic rings. The molecule has 1 aliphatic heterocycles. The van der Waals surface area contributed by atoms with Gasteiger partial charge in [-0.15, -0.1) is 0 Å². The first kappa shape index (κ1) is 17.6. The van der Waals surface area contributed by atoms with E-state index in [9.17, 15) is 9.59 Å². The molecule has 0 spiro atoms. The van der Waals surface area contributed by atoms with E-state index in [0.717, 1.165) is 19.6 Å². The number of amides is 2. The Hall–Kier alpha value is -2.46. The maximum Gasteiger partial charge on any atom is 0.234 e. The number of benzene rings is 2. The molecule has 2 atom stereocenters. The molecule has 4 nitrogen and oxygen atoms in total. The van der Waals surface area contributed by atoms with Crippen LogP contribution in [0.1, 0.15) is 47.9 Å². The first-order valence-corrected chi connectivity index (χ1v) is 10.4. The van der Waals surface area contributed by atoms with E-state index in [0.29, 0.717) is 6.54 Å². The molecule has 0 aromatic heterocycles. The zero-order chi connectivity index (χ0) is 19.4. The van der Waals surface area contributed by atoms with Crippen molar-refractivity contribution in [2.24, 2.45) is 11.8 Å². The quantitative estimate of drug-likeness (QED) is 0.755. The number of likely N-dealkylation sites (tertiary alicyclic amines) is 1. The van der Waals surface area contributed by atoms with Crippen LogP contribution < -0.4 is 0 Å². The Morgan fingerprint density at radius 1 is 0.750 bits per heavy atom. The smallest absolute Gasteiger partial charge is 0.234 e. The van der Waals surface area contributed by atoms with Gasteiger partial charge in [0.15, 0.2) is 0 Å². The van der Waals surface area contributed by atoms with Gasteiger partial charge in [-0.25, -0.2) is 0 Å². The minimum Gasteiger partial charge on any atom is -0.302 e. The molecule has 0 N–H and O–H groups in total. The van der Waals surface area contributed by atoms with Gasteiger partial charge in [0.2, 0.25) is 11.8 Å². The zero-order valence-corrected chi connectivity index (χ0v) is 16.5. The van der Waals surface area contributed by atoms with Crippen LogP contribution in [0.15, 0.2) is 48.5 Å². The molecule has 2 bridgehead atoms. The Kier molecular flexibility index (Phi) is 4.13. The molecule has 0 radical (unpaired) electrons. The fraction of sp³-hybridized carbons (Fsp3) is 0.417. The lowest BCUT2D eigenvalue weighted by Crippen LogP contribution is -2.41. The highest BCUT2D eigenvalue weighted by atomic mass is 16.2. The van der Waals surface area contributed by atoms with Crippen molar-refractivity contribution in [1.82, 2.24) is 9.80 Å². The minimum atomic E-state index is -0.251. The van der Waals surface area contributed by atoms with Crippen LogP contribution in [0, 0.1) is 11.8 Å². The second-order valence-corrected chi connectivity index (χ2v) is 8.12. The fourth-order valence-electron chi connectivity index (χ4n) is 5.74. The first-order chi connectivity index (χ1) is 13.7. The van der Waals surface area contributed by atoms with Gasteiger partial charge in [-0.3, -0.25) is 14.5 Å². The molecule has 0 unspecified atom stereocenters. The van der Waals surface area contributed by atoms with Crippen molar-refractivity contribution in [1.29, 1.82) is 0 Å². The average molecular weight is 374 g/mol. The summed E-state index contributed by atoms with van der Waals surface area (Å²) in [6, 6.07) is 16.8. The number of hydrogen-bond donors (Lipinski definition) is 0. The number of imide groups is 1. The van der Waals surface area contributed by atoms with E-state index in [1.807, 2.05) is 0 Å². The Balaban J connectivity index is 1.57. The van der Waals surface area contributed by atoms with E-state index in [1.165, 1.54) is 22.3 Å². The number of carbonyl (C=O) groups is 2. The van der Waals surface area contributed by atoms with Crippen LogP contribution in [-0.2, 0) is 9.59 Å². The highest BCUT2D eigenvalue weighted by Crippen LogP contribution is 2.60. The van der Waals surface area contributed by atoms with Gasteiger partial charge in [-0.2, -0.15) is 0 Å². The molecule has 28 heavy (non-hydrogen) atoms. The first-order valence-electron chi connectivity index (χ1n) is 10.4. The van der Waals surface area contributed by atoms with Gasteiger partial charge in [-0.05, 0) is 35.3 Å². The van der Waals surface area contributed by atoms with Crippen LogP contribution >= 0.6 is 0 Å². The maximum absolute atomic E-state index is 13.4. The summed E-state index contributed by atoms with van der Waals surface area (Å²) in [6.45, 7) is 7.34. The molecule has 2 amide bonds. The second-order valence-electron chi connectivity index (χ2n) is 8.12. The van der Waals surface area contributed by atoms with E-state index in [2.05, 4.69) is 67.3 Å². The molecule has 2 aromatic rings. The summed E-state index contributed by atoms with van der Waals surface area (Å²) in [6.07, 6.45) is 0. The van der Waals surface area contributed by atoms with Crippen LogP contribution in [0.5, 0.6) is 0 Å². The maximum atomic E-state index is 13.4. The van der Waals surface area contributed by atoms with Crippen molar-refractivity contribution < 1.29 is 9.59 Å². The molecule has 6 rings (SSSR count). The topological polar surface area (TPSA) is 40.6 Å². The van der Waals surface area contributed by atoms with Crippen LogP contribution in [0.25, 0.3) is 0 Å². The van der Waals surface area contributed by atoms with Crippen molar-refractivity contribution in [3.05, 3.63) is 70.8 Å². The van der Waals surface area contributed by atoms with Crippen molar-refractivity contribution in [3.8, 4) is 0 Å². The highest BCUT2D eigenvalue weighted by molar-refractivity contribution is 6.07. The molecular formula is C24H26N2O2. The second kappa shape index (κ2) is 6.56. The lowest BCUT2D eigenvalue weighted by molar-refractivity contribution is -0.140. The highest BCUT2D eigenvalue weighted by Gasteiger charge is 2.61. The Morgan fingerprint density at radius 3 is 1.50 bits per heavy atom. The SMILES string of the molecule is CCN(CC)CCN1C(=O)[C@H]2C3c4ccccc4C(c4ccccc43)[C@@H]2C1=O. The third-order valence-electron chi connectivity index (χ3n) is 7.07. The summed E-state index contributed by atoms with van der Waals surface area (Å²) < 4.78 is 0. The molecule has 1 heterocycles. The monoisotopic (exact) mass is 374 g/mol. The lowest BCUT2D eigenvalue weighted by Gasteiger charge is -2.45. The molecule has 0 saturated carbocycles. The summed E-state index contributed by atoms with van der Waals surface area (Å²) in [5, 5.41) is 0. The third-order valence-corrected chi connectivity index (χ3v) is 7.07. The summed E-state index contributed by atoms with van der Waals surface area (Å²) in [7, 11) is 0. The van der Waals surface area contributed by atoms with Crippen LogP contribution in [-0.4, -0.2) is 47.8 Å². The number of nitrogens with zero attached hydrogens (tertiary/aromatic N) is 2. The molecule has 4 heteroatoms. The number of carbonyl (C=O) groups excluding carboxylic acids is 2. The third kappa shape index (κ3) is 2.27. The van der Waals surface area contributed by atoms with Crippen molar-refractivity contribution in [2.45, 2.75) is 25.7 Å². The van der Waals surface area contributed by atoms with Crippen molar-refractivity contribution in [3.63, 3.8) is 0 Å². The standard InChI is InChI=1S/C24H26N2O2/c1-3-25(4-2)13-14-26-23(27)21-19-15-9-5-6-10-16(15)20(22(21)24(26)28)18-12-8-7-11-17(18)19/h5-12,19-22H,3-4,13-14H2,1-2H3/t19?,20?,21-,22-/m0/s1. The van der Waals surface area contributed by atoms with Crippen molar-refractivity contribution >= 4 is 11.8 Å². The van der Waals surface area contributed by atoms with Gasteiger partial charge in [0.1, 0.15) is 0 Å². The van der Waals surface area contributed by atoms with E-state index in [-0.39, 0.29) is 35.5 Å². The normalized spacial score (nSPS) is 27.2. The number of hydrogen-bond acceptors (Lipinski definition) is 3. The van der Waals surface area contributed by atoms with Gasteiger partial charge >= 0.3 is 0 Å². The van der Waals surface area contributed by atoms with E-state index in [1.54, 1.807) is 4.90 Å². The van der Waals surface area contributed by atoms with Gasteiger partial charge in [0.05, 0.1) is 11.8 Å². The lowest BCUT2D eigenvalue weighted by atomic mass is 9.55. The largest absolute Gasteiger partial charge is 0.302 e. The van der Waals surface area contributed by atoms with E-state index >= 15 is 0 Å². The Labute approximate surface area is 166 Å². The zero-order valence-electron chi connectivity index (χ0n) is 16.5. The van der Waals surface area contributed by atoms with Crippen LogP contribution in [0.4, 0.5) is 0 Å². The van der Waals surface area contributed by atoms with Gasteiger partial charge in [0.25, 0.3) is 0 Å². The molecule has 1 fully saturated rings. The molecular weight excluding hydrogens is 348 g/mol. The Bertz CT molecular complexity index is 834. The van der Waals surface area contributed by atoms with E-state index in [4.69, 9.17) is 0 Å². The van der Waals surface area contributed by atoms with E-state index < -0.39 is 0 Å². The Morgan fingerprint density at radius 2 is 1.14 bits per heavy atom. The number of likely N-dealkylation sites (N-methyl/N-ethyl adjacent to an activating group) is 1. The predicted octanol–water partition coefficient (Wildman–Crippen LogP) is 3.22. The van der Waals surface area contributed by atoms with Gasteiger partial charge in [-0.1, -0.05) is 62.4 Å². The van der Waals surface area contributed by atoms with Crippen molar-refractivity contribution in [2.75, 3.05) is 26.2 Å². The minimum absolute atomic E-state index is 0.00250. The number of rotatable bonds is 5. The van der Waals surface area contributed by atoms with Crippen LogP contribution in [0.3, 0.4) is 0 Å². The molecule has 1 saturated heterocycles. The molecule has 2 aromatic carbocycles. The van der Waals surface area contributed by atoms with Gasteiger partial charge in [0, 0.05) is 24.9 Å². The summed E-state index contributed by atoms with van der Waals surface area (Å²) in [5.41, 5.74) is 4.94. The summed E-state index contributed by atoms with van der Waals surface area (Å²) in [5.74, 6) is -0.449.